The Morgan fingerprint density at radius 1 is 1.22 bits per heavy atom. The summed E-state index contributed by atoms with van der Waals surface area (Å²) in [6.45, 7) is 11.4. The molecular formula is C25H34FN5O. The number of benzene rings is 1. The number of likely N-dealkylation sites (N-methyl/N-ethyl adjacent to an activating group) is 1. The second-order valence-electron chi connectivity index (χ2n) is 8.40. The first-order valence-corrected chi connectivity index (χ1v) is 11.5. The lowest BCUT2D eigenvalue weighted by Crippen LogP contribution is -2.35. The first-order valence-electron chi connectivity index (χ1n) is 11.5. The van der Waals surface area contributed by atoms with Crippen molar-refractivity contribution in [3.63, 3.8) is 0 Å². The van der Waals surface area contributed by atoms with E-state index in [0.717, 1.165) is 31.2 Å². The van der Waals surface area contributed by atoms with Crippen molar-refractivity contribution in [2.45, 2.75) is 47.0 Å². The van der Waals surface area contributed by atoms with Gasteiger partial charge in [-0.25, -0.2) is 13.9 Å². The Morgan fingerprint density at radius 3 is 2.53 bits per heavy atom. The van der Waals surface area contributed by atoms with Crippen LogP contribution in [0, 0.1) is 18.7 Å². The van der Waals surface area contributed by atoms with E-state index in [9.17, 15) is 9.18 Å². The van der Waals surface area contributed by atoms with E-state index < -0.39 is 11.7 Å². The van der Waals surface area contributed by atoms with Crippen LogP contribution in [0.15, 0.2) is 36.5 Å². The van der Waals surface area contributed by atoms with Gasteiger partial charge in [0.25, 0.3) is 5.91 Å². The van der Waals surface area contributed by atoms with Gasteiger partial charge in [-0.3, -0.25) is 4.79 Å². The number of aryl methyl sites for hydroxylation is 1. The third-order valence-corrected chi connectivity index (χ3v) is 6.01. The van der Waals surface area contributed by atoms with Crippen LogP contribution in [0.2, 0.25) is 0 Å². The quantitative estimate of drug-likeness (QED) is 0.579. The molecule has 1 saturated carbocycles. The summed E-state index contributed by atoms with van der Waals surface area (Å²) >= 11 is 0. The minimum absolute atomic E-state index is 0.0382. The molecule has 2 aromatic heterocycles. The van der Waals surface area contributed by atoms with Crippen molar-refractivity contribution in [3.05, 3.63) is 53.6 Å². The van der Waals surface area contributed by atoms with Gasteiger partial charge in [0.15, 0.2) is 5.65 Å². The zero-order valence-electron chi connectivity index (χ0n) is 19.6. The zero-order valence-corrected chi connectivity index (χ0v) is 19.6. The number of amides is 1. The number of aromatic nitrogens is 3. The van der Waals surface area contributed by atoms with Crippen molar-refractivity contribution in [3.8, 4) is 11.3 Å². The van der Waals surface area contributed by atoms with Crippen LogP contribution in [0.3, 0.4) is 0 Å². The molecule has 32 heavy (non-hydrogen) atoms. The summed E-state index contributed by atoms with van der Waals surface area (Å²) in [6, 6.07) is 8.31. The second kappa shape index (κ2) is 11.2. The van der Waals surface area contributed by atoms with E-state index in [1.807, 2.05) is 19.1 Å². The third kappa shape index (κ3) is 5.91. The molecule has 0 spiro atoms. The van der Waals surface area contributed by atoms with Crippen molar-refractivity contribution in [2.75, 3.05) is 26.2 Å². The van der Waals surface area contributed by atoms with E-state index in [2.05, 4.69) is 41.1 Å². The molecule has 1 amide bonds. The minimum Gasteiger partial charge on any atom is -0.351 e. The SMILES string of the molecule is CC1CCC1.CCN(CC)CCNC(=O)c1ccc(-c2cnc3ccc(C)nn23)cc1F. The molecule has 0 saturated heterocycles. The fourth-order valence-electron chi connectivity index (χ4n) is 3.60. The normalized spacial score (nSPS) is 13.6. The Hall–Kier alpha value is -2.80. The van der Waals surface area contributed by atoms with E-state index in [4.69, 9.17) is 0 Å². The van der Waals surface area contributed by atoms with Crippen molar-refractivity contribution in [1.29, 1.82) is 0 Å². The van der Waals surface area contributed by atoms with Gasteiger partial charge in [-0.2, -0.15) is 5.10 Å². The number of nitrogens with zero attached hydrogens (tertiary/aromatic N) is 4. The molecule has 0 radical (unpaired) electrons. The van der Waals surface area contributed by atoms with Gasteiger partial charge in [0.1, 0.15) is 5.82 Å². The van der Waals surface area contributed by atoms with Crippen LogP contribution in [-0.4, -0.2) is 51.6 Å². The van der Waals surface area contributed by atoms with Gasteiger partial charge in [0, 0.05) is 18.7 Å². The first-order chi connectivity index (χ1) is 15.4. The van der Waals surface area contributed by atoms with E-state index in [-0.39, 0.29) is 5.56 Å². The molecule has 1 aliphatic carbocycles. The highest BCUT2D eigenvalue weighted by molar-refractivity contribution is 5.95. The van der Waals surface area contributed by atoms with E-state index in [1.165, 1.54) is 31.4 Å². The number of fused-ring (bicyclic) bond motifs is 1. The summed E-state index contributed by atoms with van der Waals surface area (Å²) < 4.78 is 16.2. The van der Waals surface area contributed by atoms with Crippen LogP contribution in [-0.2, 0) is 0 Å². The summed E-state index contributed by atoms with van der Waals surface area (Å²) in [7, 11) is 0. The Morgan fingerprint density at radius 2 is 1.94 bits per heavy atom. The molecule has 1 N–H and O–H groups in total. The smallest absolute Gasteiger partial charge is 0.254 e. The van der Waals surface area contributed by atoms with Crippen molar-refractivity contribution in [2.24, 2.45) is 5.92 Å². The first kappa shape index (κ1) is 23.9. The fraction of sp³-hybridized carbons (Fsp3) is 0.480. The monoisotopic (exact) mass is 439 g/mol. The maximum absolute atomic E-state index is 14.6. The molecule has 0 unspecified atom stereocenters. The number of hydrogen-bond donors (Lipinski definition) is 1. The number of halogens is 1. The summed E-state index contributed by atoms with van der Waals surface area (Å²) in [5, 5.41) is 7.20. The van der Waals surface area contributed by atoms with Crippen LogP contribution in [0.1, 0.15) is 56.1 Å². The van der Waals surface area contributed by atoms with Crippen molar-refractivity contribution >= 4 is 11.6 Å². The van der Waals surface area contributed by atoms with Crippen LogP contribution in [0.4, 0.5) is 4.39 Å². The Balaban J connectivity index is 0.000000509. The lowest BCUT2D eigenvalue weighted by atomic mass is 9.88. The molecular weight excluding hydrogens is 405 g/mol. The van der Waals surface area contributed by atoms with Gasteiger partial charge in [0.05, 0.1) is 23.1 Å². The van der Waals surface area contributed by atoms with Crippen LogP contribution >= 0.6 is 0 Å². The highest BCUT2D eigenvalue weighted by Gasteiger charge is 2.15. The topological polar surface area (TPSA) is 62.5 Å². The highest BCUT2D eigenvalue weighted by Crippen LogP contribution is 2.24. The Bertz CT molecular complexity index is 1040. The van der Waals surface area contributed by atoms with Crippen molar-refractivity contribution < 1.29 is 9.18 Å². The lowest BCUT2D eigenvalue weighted by molar-refractivity contribution is 0.0945. The zero-order chi connectivity index (χ0) is 23.1. The molecule has 1 aromatic carbocycles. The van der Waals surface area contributed by atoms with Gasteiger partial charge in [-0.1, -0.05) is 46.1 Å². The maximum Gasteiger partial charge on any atom is 0.254 e. The summed E-state index contributed by atoms with van der Waals surface area (Å²) in [5.74, 6) is 0.101. The van der Waals surface area contributed by atoms with Crippen LogP contribution in [0.5, 0.6) is 0 Å². The second-order valence-corrected chi connectivity index (χ2v) is 8.40. The van der Waals surface area contributed by atoms with Crippen molar-refractivity contribution in [1.82, 2.24) is 24.8 Å². The number of imidazole rings is 1. The van der Waals surface area contributed by atoms with Crippen LogP contribution in [0.25, 0.3) is 16.9 Å². The predicted molar refractivity (Wildman–Crippen MR) is 126 cm³/mol. The number of hydrogen-bond acceptors (Lipinski definition) is 4. The fourth-order valence-corrected chi connectivity index (χ4v) is 3.60. The molecule has 0 bridgehead atoms. The lowest BCUT2D eigenvalue weighted by Gasteiger charge is -2.18. The number of carbonyl (C=O) groups excluding carboxylic acids is 1. The molecule has 6 nitrogen and oxygen atoms in total. The molecule has 4 rings (SSSR count). The molecule has 3 aromatic rings. The summed E-state index contributed by atoms with van der Waals surface area (Å²) in [5.41, 5.74) is 2.87. The van der Waals surface area contributed by atoms with Gasteiger partial charge < -0.3 is 10.2 Å². The molecule has 1 fully saturated rings. The molecule has 172 valence electrons. The standard InChI is InChI=1S/C20H24FN5O.C5H10/c1-4-25(5-2)11-10-22-20(27)16-8-7-15(12-17(16)21)18-13-23-19-9-6-14(3)24-26(18)19;1-5-3-2-4-5/h6-9,12-13H,4-5,10-11H2,1-3H3,(H,22,27);5H,2-4H2,1H3. The molecule has 2 heterocycles. The molecule has 0 atom stereocenters. The Kier molecular flexibility index (Phi) is 8.33. The van der Waals surface area contributed by atoms with E-state index >= 15 is 0 Å². The van der Waals surface area contributed by atoms with Gasteiger partial charge >= 0.3 is 0 Å². The number of nitrogens with one attached hydrogen (secondary N) is 1. The summed E-state index contributed by atoms with van der Waals surface area (Å²) in [6.07, 6.45) is 6.11. The van der Waals surface area contributed by atoms with Gasteiger partial charge in [-0.15, -0.1) is 0 Å². The Labute approximate surface area is 189 Å². The molecule has 0 aliphatic heterocycles. The average Bonchev–Trinajstić information content (AvgIpc) is 3.18. The largest absolute Gasteiger partial charge is 0.351 e. The molecule has 7 heteroatoms. The molecule has 1 aliphatic rings. The predicted octanol–water partition coefficient (Wildman–Crippen LogP) is 4.72. The highest BCUT2D eigenvalue weighted by atomic mass is 19.1. The average molecular weight is 440 g/mol. The van der Waals surface area contributed by atoms with E-state index in [1.54, 1.807) is 16.8 Å². The third-order valence-electron chi connectivity index (χ3n) is 6.01. The van der Waals surface area contributed by atoms with E-state index in [0.29, 0.717) is 23.4 Å². The number of carbonyl (C=O) groups is 1. The van der Waals surface area contributed by atoms with Gasteiger partial charge in [-0.05, 0) is 50.2 Å². The van der Waals surface area contributed by atoms with Crippen LogP contribution < -0.4 is 5.32 Å². The maximum atomic E-state index is 14.6. The number of rotatable bonds is 7. The summed E-state index contributed by atoms with van der Waals surface area (Å²) in [4.78, 5) is 18.8. The minimum atomic E-state index is -0.560. The van der Waals surface area contributed by atoms with Gasteiger partial charge in [0.2, 0.25) is 0 Å².